The molecule has 1 heterocycles. The number of ether oxygens (including phenoxy) is 1. The number of rotatable bonds is 7. The zero-order chi connectivity index (χ0) is 13.4. The van der Waals surface area contributed by atoms with Crippen LogP contribution in [0.15, 0.2) is 0 Å². The molecule has 0 aromatic carbocycles. The lowest BCUT2D eigenvalue weighted by atomic mass is 10.1. The van der Waals surface area contributed by atoms with Crippen LogP contribution in [0.3, 0.4) is 0 Å². The van der Waals surface area contributed by atoms with Gasteiger partial charge in [-0.2, -0.15) is 0 Å². The van der Waals surface area contributed by atoms with E-state index >= 15 is 0 Å². The lowest BCUT2D eigenvalue weighted by Gasteiger charge is -2.29. The largest absolute Gasteiger partial charge is 0.392 e. The van der Waals surface area contributed by atoms with Gasteiger partial charge in [0.1, 0.15) is 0 Å². The lowest BCUT2D eigenvalue weighted by Crippen LogP contribution is -2.44. The van der Waals surface area contributed by atoms with E-state index in [1.54, 1.807) is 0 Å². The van der Waals surface area contributed by atoms with Crippen LogP contribution in [0.2, 0.25) is 0 Å². The highest BCUT2D eigenvalue weighted by molar-refractivity contribution is 5.77. The minimum absolute atomic E-state index is 0.0358. The van der Waals surface area contributed by atoms with Crippen molar-refractivity contribution < 1.29 is 14.6 Å². The summed E-state index contributed by atoms with van der Waals surface area (Å²) in [7, 11) is 0. The number of carbonyl (C=O) groups excluding carboxylic acids is 1. The first-order valence-corrected chi connectivity index (χ1v) is 6.86. The summed E-state index contributed by atoms with van der Waals surface area (Å²) in [6.45, 7) is 7.25. The summed E-state index contributed by atoms with van der Waals surface area (Å²) < 4.78 is 5.39. The fourth-order valence-electron chi connectivity index (χ4n) is 2.05. The van der Waals surface area contributed by atoms with E-state index in [9.17, 15) is 9.90 Å². The molecule has 0 bridgehead atoms. The zero-order valence-corrected chi connectivity index (χ0v) is 11.5. The normalized spacial score (nSPS) is 21.2. The van der Waals surface area contributed by atoms with Crippen molar-refractivity contribution in [3.63, 3.8) is 0 Å². The Morgan fingerprint density at radius 1 is 1.56 bits per heavy atom. The van der Waals surface area contributed by atoms with E-state index in [0.29, 0.717) is 26.2 Å². The van der Waals surface area contributed by atoms with E-state index < -0.39 is 0 Å². The topological polar surface area (TPSA) is 61.8 Å². The number of nitrogens with zero attached hydrogens (tertiary/aromatic N) is 1. The quantitative estimate of drug-likeness (QED) is 0.648. The predicted octanol–water partition coefficient (Wildman–Crippen LogP) is 0.374. The number of nitrogens with one attached hydrogen (secondary N) is 1. The molecular weight excluding hydrogens is 232 g/mol. The second-order valence-corrected chi connectivity index (χ2v) is 5.15. The van der Waals surface area contributed by atoms with Crippen molar-refractivity contribution in [2.75, 3.05) is 32.8 Å². The molecule has 0 unspecified atom stereocenters. The molecule has 1 aliphatic heterocycles. The Bertz CT molecular complexity index is 246. The smallest absolute Gasteiger partial charge is 0.234 e. The zero-order valence-electron chi connectivity index (χ0n) is 11.5. The highest BCUT2D eigenvalue weighted by Gasteiger charge is 2.19. The van der Waals surface area contributed by atoms with E-state index in [1.165, 1.54) is 0 Å². The number of piperidine rings is 1. The van der Waals surface area contributed by atoms with Gasteiger partial charge in [-0.3, -0.25) is 9.69 Å². The Hall–Kier alpha value is -0.650. The number of β-amino-alcohol motifs (C(OH)–C–C–N with tert-alkyl or cyclic N) is 1. The summed E-state index contributed by atoms with van der Waals surface area (Å²) in [5.41, 5.74) is 0. The summed E-state index contributed by atoms with van der Waals surface area (Å²) in [5, 5.41) is 12.4. The molecule has 1 aliphatic rings. The summed E-state index contributed by atoms with van der Waals surface area (Å²) in [4.78, 5) is 13.6. The van der Waals surface area contributed by atoms with Crippen LogP contribution in [0.4, 0.5) is 0 Å². The van der Waals surface area contributed by atoms with Crippen molar-refractivity contribution in [2.24, 2.45) is 0 Å². The fraction of sp³-hybridized carbons (Fsp3) is 0.923. The molecule has 5 heteroatoms. The van der Waals surface area contributed by atoms with E-state index in [-0.39, 0.29) is 18.1 Å². The lowest BCUT2D eigenvalue weighted by molar-refractivity contribution is -0.122. The van der Waals surface area contributed by atoms with Crippen LogP contribution in [-0.4, -0.2) is 60.9 Å². The van der Waals surface area contributed by atoms with Gasteiger partial charge in [-0.1, -0.05) is 0 Å². The molecule has 0 aromatic rings. The van der Waals surface area contributed by atoms with Gasteiger partial charge in [-0.05, 0) is 39.7 Å². The summed E-state index contributed by atoms with van der Waals surface area (Å²) in [6, 6.07) is 0. The highest BCUT2D eigenvalue weighted by Crippen LogP contribution is 2.08. The molecule has 2 N–H and O–H groups in total. The third-order valence-corrected chi connectivity index (χ3v) is 2.94. The van der Waals surface area contributed by atoms with Gasteiger partial charge in [0.15, 0.2) is 0 Å². The molecule has 0 saturated carbocycles. The molecule has 106 valence electrons. The molecule has 1 saturated heterocycles. The minimum Gasteiger partial charge on any atom is -0.392 e. The van der Waals surface area contributed by atoms with Crippen molar-refractivity contribution >= 4 is 5.91 Å². The number of hydrogen-bond donors (Lipinski definition) is 2. The van der Waals surface area contributed by atoms with Gasteiger partial charge < -0.3 is 15.2 Å². The van der Waals surface area contributed by atoms with Crippen molar-refractivity contribution in [3.05, 3.63) is 0 Å². The Morgan fingerprint density at radius 3 is 3.00 bits per heavy atom. The third kappa shape index (κ3) is 6.93. The van der Waals surface area contributed by atoms with Crippen LogP contribution in [0.25, 0.3) is 0 Å². The highest BCUT2D eigenvalue weighted by atomic mass is 16.5. The van der Waals surface area contributed by atoms with E-state index in [0.717, 1.165) is 25.8 Å². The number of aliphatic hydroxyl groups is 1. The monoisotopic (exact) mass is 258 g/mol. The maximum atomic E-state index is 11.6. The van der Waals surface area contributed by atoms with Gasteiger partial charge in [-0.15, -0.1) is 0 Å². The van der Waals surface area contributed by atoms with Crippen molar-refractivity contribution in [1.29, 1.82) is 0 Å². The Labute approximate surface area is 109 Å². The number of carbonyl (C=O) groups is 1. The second-order valence-electron chi connectivity index (χ2n) is 5.15. The maximum Gasteiger partial charge on any atom is 0.234 e. The molecule has 0 spiro atoms. The van der Waals surface area contributed by atoms with E-state index in [1.807, 2.05) is 18.7 Å². The van der Waals surface area contributed by atoms with Gasteiger partial charge in [-0.25, -0.2) is 0 Å². The van der Waals surface area contributed by atoms with Crippen LogP contribution >= 0.6 is 0 Å². The van der Waals surface area contributed by atoms with Gasteiger partial charge >= 0.3 is 0 Å². The molecule has 1 rings (SSSR count). The maximum absolute atomic E-state index is 11.6. The molecule has 0 radical (unpaired) electrons. The van der Waals surface area contributed by atoms with Gasteiger partial charge in [0, 0.05) is 19.7 Å². The van der Waals surface area contributed by atoms with Gasteiger partial charge in [0.05, 0.1) is 18.8 Å². The SMILES string of the molecule is CC(C)OCCCNC(=O)CN1CCC[C@H](O)C1. The molecule has 1 amide bonds. The average molecular weight is 258 g/mol. The molecule has 5 nitrogen and oxygen atoms in total. The number of likely N-dealkylation sites (tertiary alicyclic amines) is 1. The first-order chi connectivity index (χ1) is 8.58. The summed E-state index contributed by atoms with van der Waals surface area (Å²) in [6.07, 6.45) is 2.63. The van der Waals surface area contributed by atoms with E-state index in [2.05, 4.69) is 5.32 Å². The first-order valence-electron chi connectivity index (χ1n) is 6.86. The third-order valence-electron chi connectivity index (χ3n) is 2.94. The van der Waals surface area contributed by atoms with Crippen molar-refractivity contribution in [1.82, 2.24) is 10.2 Å². The molecule has 0 aromatic heterocycles. The van der Waals surface area contributed by atoms with Crippen LogP contribution in [-0.2, 0) is 9.53 Å². The van der Waals surface area contributed by atoms with Gasteiger partial charge in [0.2, 0.25) is 5.91 Å². The fourth-order valence-corrected chi connectivity index (χ4v) is 2.05. The average Bonchev–Trinajstić information content (AvgIpc) is 2.28. The predicted molar refractivity (Wildman–Crippen MR) is 70.4 cm³/mol. The van der Waals surface area contributed by atoms with Crippen LogP contribution in [0.1, 0.15) is 33.1 Å². The Morgan fingerprint density at radius 2 is 2.33 bits per heavy atom. The summed E-state index contributed by atoms with van der Waals surface area (Å²) >= 11 is 0. The second kappa shape index (κ2) is 8.45. The van der Waals surface area contributed by atoms with Gasteiger partial charge in [0.25, 0.3) is 0 Å². The number of amides is 1. The number of aliphatic hydroxyl groups excluding tert-OH is 1. The Balaban J connectivity index is 2.03. The van der Waals surface area contributed by atoms with Crippen LogP contribution < -0.4 is 5.32 Å². The van der Waals surface area contributed by atoms with Crippen LogP contribution in [0.5, 0.6) is 0 Å². The van der Waals surface area contributed by atoms with Crippen molar-refractivity contribution in [2.45, 2.75) is 45.3 Å². The molecule has 1 atom stereocenters. The molecule has 1 fully saturated rings. The van der Waals surface area contributed by atoms with Crippen molar-refractivity contribution in [3.8, 4) is 0 Å². The number of hydrogen-bond acceptors (Lipinski definition) is 4. The van der Waals surface area contributed by atoms with E-state index in [4.69, 9.17) is 4.74 Å². The first kappa shape index (κ1) is 15.4. The molecule has 0 aliphatic carbocycles. The minimum atomic E-state index is -0.272. The standard InChI is InChI=1S/C13H26N2O3/c1-11(2)18-8-4-6-14-13(17)10-15-7-3-5-12(16)9-15/h11-12,16H,3-10H2,1-2H3,(H,14,17)/t12-/m0/s1. The molecule has 18 heavy (non-hydrogen) atoms. The molecular formula is C13H26N2O3. The summed E-state index contributed by atoms with van der Waals surface area (Å²) in [5.74, 6) is 0.0358. The Kier molecular flexibility index (Phi) is 7.23. The van der Waals surface area contributed by atoms with Crippen LogP contribution in [0, 0.1) is 0 Å².